The van der Waals surface area contributed by atoms with Crippen LogP contribution >= 0.6 is 23.1 Å². The number of oxazole rings is 1. The Labute approximate surface area is 261 Å². The normalized spacial score (nSPS) is 11.3. The summed E-state index contributed by atoms with van der Waals surface area (Å²) in [5.74, 6) is 2.76. The number of nitrogens with two attached hydrogens (primary N) is 1. The highest BCUT2D eigenvalue weighted by Gasteiger charge is 2.19. The minimum absolute atomic E-state index is 0.0214. The zero-order valence-electron chi connectivity index (χ0n) is 24.9. The molecule has 0 atom stereocenters. The fourth-order valence-electron chi connectivity index (χ4n) is 4.05. The van der Waals surface area contributed by atoms with Crippen LogP contribution in [-0.4, -0.2) is 28.4 Å². The Morgan fingerprint density at radius 2 is 1.72 bits per heavy atom. The molecule has 0 aliphatic rings. The number of thiazole rings is 1. The second kappa shape index (κ2) is 15.6. The number of rotatable bonds is 15. The van der Waals surface area contributed by atoms with Crippen molar-refractivity contribution in [2.75, 3.05) is 23.0 Å². The Morgan fingerprint density at radius 1 is 0.953 bits per heavy atom. The van der Waals surface area contributed by atoms with Crippen LogP contribution in [0.1, 0.15) is 70.1 Å². The van der Waals surface area contributed by atoms with Crippen LogP contribution in [-0.2, 0) is 27.2 Å². The van der Waals surface area contributed by atoms with E-state index in [0.29, 0.717) is 41.2 Å². The number of aromatic nitrogens is 2. The van der Waals surface area contributed by atoms with Crippen LogP contribution in [0.3, 0.4) is 0 Å². The van der Waals surface area contributed by atoms with E-state index in [-0.39, 0.29) is 23.7 Å². The second-order valence-corrected chi connectivity index (χ2v) is 13.5. The number of nitrogens with one attached hydrogen (secondary N) is 2. The lowest BCUT2D eigenvalue weighted by Gasteiger charge is -2.12. The van der Waals surface area contributed by atoms with Gasteiger partial charge >= 0.3 is 0 Å². The first-order valence-electron chi connectivity index (χ1n) is 14.4. The molecule has 228 valence electrons. The molecule has 4 aromatic rings. The molecule has 0 unspecified atom stereocenters. The second-order valence-electron chi connectivity index (χ2n) is 11.2. The van der Waals surface area contributed by atoms with Crippen LogP contribution in [0.5, 0.6) is 5.75 Å². The van der Waals surface area contributed by atoms with E-state index in [1.165, 1.54) is 11.3 Å². The molecule has 2 aromatic heterocycles. The topological polar surface area (TPSA) is 132 Å². The van der Waals surface area contributed by atoms with E-state index in [1.54, 1.807) is 36.3 Å². The number of nitrogens with zero attached hydrogens (tertiary/aromatic N) is 2. The van der Waals surface area contributed by atoms with Gasteiger partial charge in [0.25, 0.3) is 0 Å². The van der Waals surface area contributed by atoms with Gasteiger partial charge in [-0.3, -0.25) is 9.59 Å². The van der Waals surface area contributed by atoms with E-state index in [9.17, 15) is 9.59 Å². The third-order valence-electron chi connectivity index (χ3n) is 6.45. The van der Waals surface area contributed by atoms with Gasteiger partial charge in [0.15, 0.2) is 5.13 Å². The highest BCUT2D eigenvalue weighted by atomic mass is 32.2. The third kappa shape index (κ3) is 10.7. The van der Waals surface area contributed by atoms with Crippen molar-refractivity contribution in [2.45, 2.75) is 74.7 Å². The van der Waals surface area contributed by atoms with Gasteiger partial charge in [0.05, 0.1) is 46.8 Å². The van der Waals surface area contributed by atoms with Crippen LogP contribution in [0.25, 0.3) is 0 Å². The minimum Gasteiger partial charge on any atom is -0.494 e. The maximum absolute atomic E-state index is 12.6. The molecule has 4 rings (SSSR count). The van der Waals surface area contributed by atoms with E-state index >= 15 is 0 Å². The Hall–Kier alpha value is -3.83. The van der Waals surface area contributed by atoms with Crippen LogP contribution in [0.2, 0.25) is 0 Å². The molecule has 4 N–H and O–H groups in total. The number of ether oxygens (including phenoxy) is 1. The van der Waals surface area contributed by atoms with Gasteiger partial charge in [-0.1, -0.05) is 69.2 Å². The number of carbonyl (C=O) groups is 2. The summed E-state index contributed by atoms with van der Waals surface area (Å²) in [4.78, 5) is 33.3. The van der Waals surface area contributed by atoms with Gasteiger partial charge in [0.2, 0.25) is 17.7 Å². The van der Waals surface area contributed by atoms with E-state index in [2.05, 4.69) is 41.4 Å². The highest BCUT2D eigenvalue weighted by molar-refractivity contribution is 8.00. The number of nitrogen functional groups attached to an aromatic ring is 1. The predicted molar refractivity (Wildman–Crippen MR) is 174 cm³/mol. The minimum atomic E-state index is -0.122. The molecule has 11 heteroatoms. The number of unbranched alkanes of at least 4 members (excludes halogenated alkanes) is 3. The van der Waals surface area contributed by atoms with Crippen molar-refractivity contribution >= 4 is 51.4 Å². The van der Waals surface area contributed by atoms with E-state index in [0.717, 1.165) is 47.0 Å². The van der Waals surface area contributed by atoms with Gasteiger partial charge in [-0.05, 0) is 42.7 Å². The maximum Gasteiger partial charge on any atom is 0.230 e. The van der Waals surface area contributed by atoms with Crippen molar-refractivity contribution in [3.8, 4) is 5.75 Å². The molecular formula is C32H39N5O4S2. The molecule has 0 aliphatic carbocycles. The number of thioether (sulfide) groups is 1. The SMILES string of the molecule is CC(C)(C)c1cnc(CSc2cnc(NC(=O)Cc3ccc(OCCCCCCC(=O)Nc4ccccc4N)cc3)s2)o1. The Balaban J connectivity index is 1.08. The average Bonchev–Trinajstić information content (AvgIpc) is 3.63. The van der Waals surface area contributed by atoms with Gasteiger partial charge in [0, 0.05) is 11.8 Å². The Bertz CT molecular complexity index is 1480. The molecular weight excluding hydrogens is 583 g/mol. The lowest BCUT2D eigenvalue weighted by Crippen LogP contribution is -2.14. The number of hydrogen-bond donors (Lipinski definition) is 3. The van der Waals surface area contributed by atoms with Crippen LogP contribution in [0.4, 0.5) is 16.5 Å². The van der Waals surface area contributed by atoms with Crippen molar-refractivity contribution in [1.29, 1.82) is 0 Å². The lowest BCUT2D eigenvalue weighted by atomic mass is 9.94. The van der Waals surface area contributed by atoms with Crippen molar-refractivity contribution in [2.24, 2.45) is 0 Å². The zero-order chi connectivity index (χ0) is 30.7. The largest absolute Gasteiger partial charge is 0.494 e. The first-order chi connectivity index (χ1) is 20.7. The summed E-state index contributed by atoms with van der Waals surface area (Å²) >= 11 is 3.01. The summed E-state index contributed by atoms with van der Waals surface area (Å²) in [6.45, 7) is 6.87. The van der Waals surface area contributed by atoms with Crippen LogP contribution in [0.15, 0.2) is 69.6 Å². The molecule has 0 spiro atoms. The van der Waals surface area contributed by atoms with Crippen molar-refractivity contribution in [1.82, 2.24) is 9.97 Å². The fourth-order valence-corrected chi connectivity index (χ4v) is 5.79. The summed E-state index contributed by atoms with van der Waals surface area (Å²) in [7, 11) is 0. The molecule has 43 heavy (non-hydrogen) atoms. The molecule has 0 saturated carbocycles. The van der Waals surface area contributed by atoms with Gasteiger partial charge in [0.1, 0.15) is 11.5 Å². The van der Waals surface area contributed by atoms with Gasteiger partial charge in [-0.25, -0.2) is 9.97 Å². The summed E-state index contributed by atoms with van der Waals surface area (Å²) < 4.78 is 12.7. The van der Waals surface area contributed by atoms with Crippen molar-refractivity contribution < 1.29 is 18.7 Å². The Kier molecular flexibility index (Phi) is 11.6. The molecule has 0 fully saturated rings. The number of benzene rings is 2. The molecule has 0 saturated heterocycles. The lowest BCUT2D eigenvalue weighted by molar-refractivity contribution is -0.116. The molecule has 0 radical (unpaired) electrons. The molecule has 0 aliphatic heterocycles. The summed E-state index contributed by atoms with van der Waals surface area (Å²) in [6.07, 6.45) is 7.91. The van der Waals surface area contributed by atoms with Crippen LogP contribution in [0, 0.1) is 0 Å². The van der Waals surface area contributed by atoms with Crippen LogP contribution < -0.4 is 21.1 Å². The molecule has 9 nitrogen and oxygen atoms in total. The molecule has 2 aromatic carbocycles. The standard InChI is InChI=1S/C32H39N5O4S2/c1-32(2,3)26-19-34-29(41-26)21-42-30-20-35-31(43-30)37-28(39)18-22-13-15-23(16-14-22)40-17-9-5-4-6-12-27(38)36-25-11-8-7-10-24(25)33/h7-8,10-11,13-16,19-20H,4-6,9,12,17-18,21,33H2,1-3H3,(H,36,38)(H,35,37,39). The van der Waals surface area contributed by atoms with E-state index in [4.69, 9.17) is 14.9 Å². The number of carbonyl (C=O) groups excluding carboxylic acids is 2. The number of anilines is 3. The van der Waals surface area contributed by atoms with Gasteiger partial charge in [-0.15, -0.1) is 11.8 Å². The first kappa shape index (κ1) is 32.1. The number of hydrogen-bond acceptors (Lipinski definition) is 9. The summed E-state index contributed by atoms with van der Waals surface area (Å²) in [6, 6.07) is 14.8. The quantitative estimate of drug-likeness (QED) is 0.0708. The average molecular weight is 622 g/mol. The van der Waals surface area contributed by atoms with Gasteiger partial charge < -0.3 is 25.5 Å². The van der Waals surface area contributed by atoms with Crippen molar-refractivity contribution in [3.05, 3.63) is 78.1 Å². The predicted octanol–water partition coefficient (Wildman–Crippen LogP) is 7.45. The van der Waals surface area contributed by atoms with E-state index < -0.39 is 0 Å². The Morgan fingerprint density at radius 3 is 2.47 bits per heavy atom. The fraction of sp³-hybridized carbons (Fsp3) is 0.375. The maximum atomic E-state index is 12.6. The molecule has 2 amide bonds. The zero-order valence-corrected chi connectivity index (χ0v) is 26.5. The smallest absolute Gasteiger partial charge is 0.230 e. The van der Waals surface area contributed by atoms with Gasteiger partial charge in [-0.2, -0.15) is 0 Å². The number of amides is 2. The third-order valence-corrected chi connectivity index (χ3v) is 8.54. The van der Waals surface area contributed by atoms with Crippen molar-refractivity contribution in [3.63, 3.8) is 0 Å². The highest BCUT2D eigenvalue weighted by Crippen LogP contribution is 2.32. The summed E-state index contributed by atoms with van der Waals surface area (Å²) in [5, 5.41) is 6.30. The molecule has 2 heterocycles. The monoisotopic (exact) mass is 621 g/mol. The molecule has 0 bridgehead atoms. The summed E-state index contributed by atoms with van der Waals surface area (Å²) in [5.41, 5.74) is 7.91. The first-order valence-corrected chi connectivity index (χ1v) is 16.2. The number of para-hydroxylation sites is 2. The van der Waals surface area contributed by atoms with E-state index in [1.807, 2.05) is 36.4 Å².